The van der Waals surface area contributed by atoms with Crippen molar-refractivity contribution >= 4 is 5.82 Å². The van der Waals surface area contributed by atoms with Gasteiger partial charge in [0.25, 0.3) is 0 Å². The van der Waals surface area contributed by atoms with Crippen molar-refractivity contribution in [1.29, 1.82) is 0 Å². The van der Waals surface area contributed by atoms with Crippen molar-refractivity contribution < 1.29 is 0 Å². The van der Waals surface area contributed by atoms with E-state index in [1.807, 2.05) is 7.05 Å². The Morgan fingerprint density at radius 2 is 2.00 bits per heavy atom. The molecule has 1 aliphatic carbocycles. The minimum atomic E-state index is 0.568. The van der Waals surface area contributed by atoms with Crippen LogP contribution in [0.15, 0.2) is 24.5 Å². The first-order chi connectivity index (χ1) is 8.36. The van der Waals surface area contributed by atoms with Crippen molar-refractivity contribution in [3.8, 4) is 0 Å². The van der Waals surface area contributed by atoms with Gasteiger partial charge in [-0.1, -0.05) is 12.2 Å². The summed E-state index contributed by atoms with van der Waals surface area (Å²) in [7, 11) is 2.01. The van der Waals surface area contributed by atoms with Crippen LogP contribution < -0.4 is 10.2 Å². The number of hydrogen-bond donors (Lipinski definition) is 1. The van der Waals surface area contributed by atoms with Gasteiger partial charge in [-0.05, 0) is 19.9 Å². The summed E-state index contributed by atoms with van der Waals surface area (Å²) in [6.45, 7) is 2.10. The van der Waals surface area contributed by atoms with Crippen molar-refractivity contribution in [2.45, 2.75) is 24.8 Å². The maximum atomic E-state index is 4.41. The SMILES string of the molecule is CNC1CN(c2cc(C3CC=CC3)ncn2)C1. The largest absolute Gasteiger partial charge is 0.353 e. The Morgan fingerprint density at radius 1 is 1.24 bits per heavy atom. The van der Waals surface area contributed by atoms with Crippen molar-refractivity contribution in [3.63, 3.8) is 0 Å². The average Bonchev–Trinajstić information content (AvgIpc) is 2.81. The molecule has 1 aromatic rings. The smallest absolute Gasteiger partial charge is 0.132 e. The van der Waals surface area contributed by atoms with Crippen LogP contribution in [-0.4, -0.2) is 36.1 Å². The lowest BCUT2D eigenvalue weighted by molar-refractivity contribution is 0.446. The van der Waals surface area contributed by atoms with Crippen LogP contribution in [0.5, 0.6) is 0 Å². The average molecular weight is 230 g/mol. The zero-order valence-corrected chi connectivity index (χ0v) is 10.1. The molecule has 0 spiro atoms. The van der Waals surface area contributed by atoms with Gasteiger partial charge in [0.05, 0.1) is 0 Å². The van der Waals surface area contributed by atoms with Crippen LogP contribution in [0.2, 0.25) is 0 Å². The summed E-state index contributed by atoms with van der Waals surface area (Å²) in [6, 6.07) is 2.77. The number of nitrogens with zero attached hydrogens (tertiary/aromatic N) is 3. The molecule has 0 atom stereocenters. The summed E-state index contributed by atoms with van der Waals surface area (Å²) in [6.07, 6.45) is 8.43. The summed E-state index contributed by atoms with van der Waals surface area (Å²) in [5.41, 5.74) is 1.19. The van der Waals surface area contributed by atoms with Crippen LogP contribution in [0.4, 0.5) is 5.82 Å². The zero-order chi connectivity index (χ0) is 11.7. The first-order valence-electron chi connectivity index (χ1n) is 6.26. The molecule has 0 aromatic carbocycles. The lowest BCUT2D eigenvalue weighted by atomic mass is 10.0. The Labute approximate surface area is 102 Å². The molecule has 1 fully saturated rings. The second kappa shape index (κ2) is 4.45. The van der Waals surface area contributed by atoms with Crippen molar-refractivity contribution in [1.82, 2.24) is 15.3 Å². The number of hydrogen-bond acceptors (Lipinski definition) is 4. The summed E-state index contributed by atoms with van der Waals surface area (Å²) in [4.78, 5) is 11.1. The maximum absolute atomic E-state index is 4.41. The van der Waals surface area contributed by atoms with E-state index >= 15 is 0 Å². The highest BCUT2D eigenvalue weighted by Gasteiger charge is 2.27. The van der Waals surface area contributed by atoms with Crippen LogP contribution in [0.1, 0.15) is 24.5 Å². The Morgan fingerprint density at radius 3 is 2.71 bits per heavy atom. The van der Waals surface area contributed by atoms with Crippen molar-refractivity contribution in [3.05, 3.63) is 30.2 Å². The molecule has 1 aliphatic heterocycles. The Bertz CT molecular complexity index is 415. The lowest BCUT2D eigenvalue weighted by Crippen LogP contribution is -2.57. The highest BCUT2D eigenvalue weighted by Crippen LogP contribution is 2.29. The standard InChI is InChI=1S/C13H18N4/c1-14-11-7-17(8-11)13-6-12(15-9-16-13)10-4-2-3-5-10/h2-3,6,9-11,14H,4-5,7-8H2,1H3. The first-order valence-corrected chi connectivity index (χ1v) is 6.26. The van der Waals surface area contributed by atoms with Crippen LogP contribution >= 0.6 is 0 Å². The molecule has 0 amide bonds. The molecular weight excluding hydrogens is 212 g/mol. The summed E-state index contributed by atoms with van der Waals surface area (Å²) < 4.78 is 0. The van der Waals surface area contributed by atoms with Crippen LogP contribution in [0, 0.1) is 0 Å². The highest BCUT2D eigenvalue weighted by atomic mass is 15.3. The Kier molecular flexibility index (Phi) is 2.81. The minimum absolute atomic E-state index is 0.568. The van der Waals surface area contributed by atoms with E-state index in [9.17, 15) is 0 Å². The molecule has 0 unspecified atom stereocenters. The molecule has 1 N–H and O–H groups in total. The van der Waals surface area contributed by atoms with E-state index in [1.165, 1.54) is 5.69 Å². The minimum Gasteiger partial charge on any atom is -0.353 e. The molecular formula is C13H18N4. The number of rotatable bonds is 3. The molecule has 0 bridgehead atoms. The van der Waals surface area contributed by atoms with E-state index < -0.39 is 0 Å². The molecule has 0 saturated carbocycles. The van der Waals surface area contributed by atoms with Gasteiger partial charge < -0.3 is 10.2 Å². The topological polar surface area (TPSA) is 41.0 Å². The van der Waals surface area contributed by atoms with E-state index in [1.54, 1.807) is 6.33 Å². The van der Waals surface area contributed by atoms with Gasteiger partial charge in [0.2, 0.25) is 0 Å². The predicted octanol–water partition coefficient (Wildman–Crippen LogP) is 1.32. The first kappa shape index (κ1) is 10.7. The van der Waals surface area contributed by atoms with Gasteiger partial charge in [-0.3, -0.25) is 0 Å². The van der Waals surface area contributed by atoms with Gasteiger partial charge in [0, 0.05) is 36.8 Å². The van der Waals surface area contributed by atoms with Crippen molar-refractivity contribution in [2.75, 3.05) is 25.0 Å². The molecule has 4 nitrogen and oxygen atoms in total. The summed E-state index contributed by atoms with van der Waals surface area (Å²) in [5.74, 6) is 1.64. The third-order valence-electron chi connectivity index (χ3n) is 3.71. The van der Waals surface area contributed by atoms with E-state index in [0.717, 1.165) is 31.7 Å². The molecule has 1 saturated heterocycles. The van der Waals surface area contributed by atoms with Gasteiger partial charge in [-0.25, -0.2) is 9.97 Å². The summed E-state index contributed by atoms with van der Waals surface area (Å²) in [5, 5.41) is 3.28. The maximum Gasteiger partial charge on any atom is 0.132 e. The molecule has 2 heterocycles. The monoisotopic (exact) mass is 230 g/mol. The van der Waals surface area contributed by atoms with E-state index in [0.29, 0.717) is 12.0 Å². The van der Waals surface area contributed by atoms with Crippen LogP contribution in [0.3, 0.4) is 0 Å². The second-order valence-corrected chi connectivity index (χ2v) is 4.83. The molecule has 17 heavy (non-hydrogen) atoms. The van der Waals surface area contributed by atoms with Gasteiger partial charge >= 0.3 is 0 Å². The molecule has 1 aromatic heterocycles. The third-order valence-corrected chi connectivity index (χ3v) is 3.71. The number of nitrogens with one attached hydrogen (secondary N) is 1. The fourth-order valence-electron chi connectivity index (χ4n) is 2.46. The number of allylic oxidation sites excluding steroid dienone is 2. The fourth-order valence-corrected chi connectivity index (χ4v) is 2.46. The van der Waals surface area contributed by atoms with E-state index in [4.69, 9.17) is 0 Å². The lowest BCUT2D eigenvalue weighted by Gasteiger charge is -2.40. The van der Waals surface area contributed by atoms with Crippen LogP contribution in [0.25, 0.3) is 0 Å². The highest BCUT2D eigenvalue weighted by molar-refractivity contribution is 5.43. The van der Waals surface area contributed by atoms with Crippen LogP contribution in [-0.2, 0) is 0 Å². The molecule has 0 radical (unpaired) electrons. The normalized spacial score (nSPS) is 20.9. The Hall–Kier alpha value is -1.42. The number of anilines is 1. The zero-order valence-electron chi connectivity index (χ0n) is 10.1. The number of likely N-dealkylation sites (N-methyl/N-ethyl adjacent to an activating group) is 1. The third kappa shape index (κ3) is 2.05. The second-order valence-electron chi connectivity index (χ2n) is 4.83. The predicted molar refractivity (Wildman–Crippen MR) is 68.2 cm³/mol. The Balaban J connectivity index is 1.71. The molecule has 3 rings (SSSR count). The molecule has 2 aliphatic rings. The summed E-state index contributed by atoms with van der Waals surface area (Å²) >= 11 is 0. The van der Waals surface area contributed by atoms with E-state index in [-0.39, 0.29) is 0 Å². The van der Waals surface area contributed by atoms with E-state index in [2.05, 4.69) is 38.4 Å². The fraction of sp³-hybridized carbons (Fsp3) is 0.538. The van der Waals surface area contributed by atoms with Gasteiger partial charge in [-0.2, -0.15) is 0 Å². The van der Waals surface area contributed by atoms with Gasteiger partial charge in [-0.15, -0.1) is 0 Å². The van der Waals surface area contributed by atoms with Gasteiger partial charge in [0.15, 0.2) is 0 Å². The van der Waals surface area contributed by atoms with Crippen molar-refractivity contribution in [2.24, 2.45) is 0 Å². The molecule has 90 valence electrons. The molecule has 4 heteroatoms. The number of aromatic nitrogens is 2. The quantitative estimate of drug-likeness (QED) is 0.795. The van der Waals surface area contributed by atoms with Gasteiger partial charge in [0.1, 0.15) is 12.1 Å².